The molecule has 0 aromatic carbocycles. The zero-order chi connectivity index (χ0) is 20.7. The van der Waals surface area contributed by atoms with E-state index in [-0.39, 0.29) is 36.0 Å². The third kappa shape index (κ3) is 7.75. The van der Waals surface area contributed by atoms with E-state index in [4.69, 9.17) is 9.15 Å². The minimum atomic E-state index is -0.512. The van der Waals surface area contributed by atoms with Crippen molar-refractivity contribution >= 4 is 41.9 Å². The van der Waals surface area contributed by atoms with Gasteiger partial charge in [-0.05, 0) is 32.9 Å². The molecule has 1 aliphatic rings. The first-order chi connectivity index (χ1) is 13.2. The maximum Gasteiger partial charge on any atom is 0.410 e. The smallest absolute Gasteiger partial charge is 0.410 e. The second kappa shape index (κ2) is 11.3. The number of furan rings is 1. The normalized spacial score (nSPS) is 14.9. The van der Waals surface area contributed by atoms with Crippen LogP contribution in [0.25, 0.3) is 0 Å². The maximum atomic E-state index is 12.3. The lowest BCUT2D eigenvalue weighted by Crippen LogP contribution is -2.54. The maximum absolute atomic E-state index is 12.3. The lowest BCUT2D eigenvalue weighted by atomic mass is 10.2. The van der Waals surface area contributed by atoms with Crippen LogP contribution in [0.3, 0.4) is 0 Å². The fourth-order valence-electron chi connectivity index (χ4n) is 2.78. The molecule has 1 aromatic heterocycles. The zero-order valence-electron chi connectivity index (χ0n) is 17.8. The number of aliphatic imine (C=N–C) groups is 1. The van der Waals surface area contributed by atoms with Crippen molar-refractivity contribution in [3.63, 3.8) is 0 Å². The van der Waals surface area contributed by atoms with E-state index in [2.05, 4.69) is 15.2 Å². The van der Waals surface area contributed by atoms with Crippen LogP contribution in [-0.4, -0.2) is 91.6 Å². The molecule has 0 saturated carbocycles. The molecule has 0 spiro atoms. The van der Waals surface area contributed by atoms with E-state index in [1.807, 2.05) is 20.8 Å². The molecular formula is C19H32IN5O4. The van der Waals surface area contributed by atoms with E-state index < -0.39 is 5.60 Å². The Hall–Kier alpha value is -1.98. The summed E-state index contributed by atoms with van der Waals surface area (Å²) in [5.74, 6) is 1.02. The molecule has 0 atom stereocenters. The summed E-state index contributed by atoms with van der Waals surface area (Å²) in [6.07, 6.45) is 1.15. The van der Waals surface area contributed by atoms with Gasteiger partial charge in [0, 0.05) is 53.4 Å². The summed E-state index contributed by atoms with van der Waals surface area (Å²) >= 11 is 0. The Kier molecular flexibility index (Phi) is 9.74. The van der Waals surface area contributed by atoms with E-state index in [1.165, 1.54) is 11.2 Å². The van der Waals surface area contributed by atoms with E-state index in [9.17, 15) is 9.59 Å². The average Bonchev–Trinajstić information content (AvgIpc) is 3.18. The van der Waals surface area contributed by atoms with Gasteiger partial charge >= 0.3 is 6.09 Å². The first-order valence-electron chi connectivity index (χ1n) is 9.44. The van der Waals surface area contributed by atoms with Crippen molar-refractivity contribution in [3.05, 3.63) is 24.2 Å². The summed E-state index contributed by atoms with van der Waals surface area (Å²) < 4.78 is 10.5. The predicted molar refractivity (Wildman–Crippen MR) is 122 cm³/mol. The monoisotopic (exact) mass is 521 g/mol. The third-order valence-electron chi connectivity index (χ3n) is 4.25. The highest BCUT2D eigenvalue weighted by Crippen LogP contribution is 2.10. The highest BCUT2D eigenvalue weighted by molar-refractivity contribution is 14.0. The molecule has 10 heteroatoms. The van der Waals surface area contributed by atoms with E-state index in [1.54, 1.807) is 31.1 Å². The van der Waals surface area contributed by atoms with Crippen molar-refractivity contribution in [2.75, 3.05) is 53.4 Å². The van der Waals surface area contributed by atoms with E-state index >= 15 is 0 Å². The molecular weight excluding hydrogens is 489 g/mol. The molecule has 1 aromatic rings. The Balaban J connectivity index is 0.00000420. The third-order valence-corrected chi connectivity index (χ3v) is 4.25. The van der Waals surface area contributed by atoms with Crippen LogP contribution >= 0.6 is 24.0 Å². The van der Waals surface area contributed by atoms with Crippen LogP contribution in [0.15, 0.2) is 27.8 Å². The first kappa shape index (κ1) is 25.1. The number of piperazine rings is 1. The number of amides is 2. The highest BCUT2D eigenvalue weighted by Gasteiger charge is 2.25. The lowest BCUT2D eigenvalue weighted by molar-refractivity contribution is 0.0302. The summed E-state index contributed by atoms with van der Waals surface area (Å²) in [6.45, 7) is 9.11. The van der Waals surface area contributed by atoms with Gasteiger partial charge in [-0.1, -0.05) is 0 Å². The van der Waals surface area contributed by atoms with Gasteiger partial charge in [0.15, 0.2) is 11.7 Å². The predicted octanol–water partition coefficient (Wildman–Crippen LogP) is 2.10. The Morgan fingerprint density at radius 1 is 1.24 bits per heavy atom. The summed E-state index contributed by atoms with van der Waals surface area (Å²) in [4.78, 5) is 34.0. The van der Waals surface area contributed by atoms with Gasteiger partial charge in [-0.2, -0.15) is 0 Å². The molecule has 0 unspecified atom stereocenters. The molecule has 1 aliphatic heterocycles. The fraction of sp³-hybridized carbons (Fsp3) is 0.632. The molecule has 1 N–H and O–H groups in total. The van der Waals surface area contributed by atoms with Gasteiger partial charge in [-0.15, -0.1) is 24.0 Å². The summed E-state index contributed by atoms with van der Waals surface area (Å²) in [5, 5.41) is 3.26. The SMILES string of the molecule is CN=C(NCCN(C)C(=O)OC(C)(C)C)N1CCN(C(=O)c2ccco2)CC1.I. The molecule has 2 rings (SSSR count). The largest absolute Gasteiger partial charge is 0.459 e. The first-order valence-corrected chi connectivity index (χ1v) is 9.44. The van der Waals surface area contributed by atoms with Gasteiger partial charge in [0.1, 0.15) is 5.60 Å². The number of halogens is 1. The molecule has 29 heavy (non-hydrogen) atoms. The number of guanidine groups is 1. The van der Waals surface area contributed by atoms with Gasteiger partial charge in [0.05, 0.1) is 6.26 Å². The Labute approximate surface area is 189 Å². The standard InChI is InChI=1S/C19H31N5O4.HI/c1-19(2,3)28-18(26)22(5)9-8-21-17(20-4)24-12-10-23(11-13-24)16(25)15-7-6-14-27-15;/h6-7,14H,8-13H2,1-5H3,(H,20,21);1H. The van der Waals surface area contributed by atoms with Gasteiger partial charge in [-0.25, -0.2) is 4.79 Å². The van der Waals surface area contributed by atoms with Crippen LogP contribution in [0.1, 0.15) is 31.3 Å². The summed E-state index contributed by atoms with van der Waals surface area (Å²) in [5.41, 5.74) is -0.512. The summed E-state index contributed by atoms with van der Waals surface area (Å²) in [6, 6.07) is 3.39. The Morgan fingerprint density at radius 3 is 2.38 bits per heavy atom. The van der Waals surface area contributed by atoms with Gasteiger partial charge in [0.25, 0.3) is 5.91 Å². The molecule has 1 saturated heterocycles. The number of nitrogens with zero attached hydrogens (tertiary/aromatic N) is 4. The van der Waals surface area contributed by atoms with Crippen molar-refractivity contribution in [2.24, 2.45) is 4.99 Å². The van der Waals surface area contributed by atoms with Gasteiger partial charge < -0.3 is 29.2 Å². The molecule has 9 nitrogen and oxygen atoms in total. The molecule has 2 heterocycles. The van der Waals surface area contributed by atoms with Crippen LogP contribution in [0.2, 0.25) is 0 Å². The van der Waals surface area contributed by atoms with Gasteiger partial charge in [0.2, 0.25) is 0 Å². The van der Waals surface area contributed by atoms with Crippen molar-refractivity contribution in [1.29, 1.82) is 0 Å². The molecule has 1 fully saturated rings. The van der Waals surface area contributed by atoms with Crippen molar-refractivity contribution < 1.29 is 18.7 Å². The Morgan fingerprint density at radius 2 is 1.86 bits per heavy atom. The van der Waals surface area contributed by atoms with Crippen molar-refractivity contribution in [3.8, 4) is 0 Å². The minimum absolute atomic E-state index is 0. The van der Waals surface area contributed by atoms with Crippen LogP contribution < -0.4 is 5.32 Å². The highest BCUT2D eigenvalue weighted by atomic mass is 127. The van der Waals surface area contributed by atoms with E-state index in [0.717, 1.165) is 5.96 Å². The molecule has 0 radical (unpaired) electrons. The second-order valence-electron chi connectivity index (χ2n) is 7.63. The molecule has 0 bridgehead atoms. The molecule has 164 valence electrons. The second-order valence-corrected chi connectivity index (χ2v) is 7.63. The zero-order valence-corrected chi connectivity index (χ0v) is 20.1. The molecule has 2 amide bonds. The average molecular weight is 521 g/mol. The molecule has 0 aliphatic carbocycles. The fourth-order valence-corrected chi connectivity index (χ4v) is 2.78. The number of carbonyl (C=O) groups is 2. The quantitative estimate of drug-likeness (QED) is 0.371. The number of nitrogens with one attached hydrogen (secondary N) is 1. The number of ether oxygens (including phenoxy) is 1. The van der Waals surface area contributed by atoms with Crippen LogP contribution in [0, 0.1) is 0 Å². The van der Waals surface area contributed by atoms with Crippen molar-refractivity contribution in [2.45, 2.75) is 26.4 Å². The minimum Gasteiger partial charge on any atom is -0.459 e. The number of carbonyl (C=O) groups excluding carboxylic acids is 2. The number of hydrogen-bond acceptors (Lipinski definition) is 5. The van der Waals surface area contributed by atoms with Crippen LogP contribution in [0.4, 0.5) is 4.79 Å². The number of rotatable bonds is 4. The van der Waals surface area contributed by atoms with Crippen LogP contribution in [0.5, 0.6) is 0 Å². The van der Waals surface area contributed by atoms with Crippen molar-refractivity contribution in [1.82, 2.24) is 20.0 Å². The Bertz CT molecular complexity index is 679. The van der Waals surface area contributed by atoms with Gasteiger partial charge in [-0.3, -0.25) is 9.79 Å². The lowest BCUT2D eigenvalue weighted by Gasteiger charge is -2.36. The van der Waals surface area contributed by atoms with Crippen LogP contribution in [-0.2, 0) is 4.74 Å². The topological polar surface area (TPSA) is 90.6 Å². The summed E-state index contributed by atoms with van der Waals surface area (Å²) in [7, 11) is 3.43. The number of likely N-dealkylation sites (N-methyl/N-ethyl adjacent to an activating group) is 1. The number of hydrogen-bond donors (Lipinski definition) is 1. The van der Waals surface area contributed by atoms with E-state index in [0.29, 0.717) is 45.0 Å².